The Labute approximate surface area is 85.5 Å². The second-order valence-electron chi connectivity index (χ2n) is 4.21. The molecule has 14 heavy (non-hydrogen) atoms. The third kappa shape index (κ3) is 2.56. The Morgan fingerprint density at radius 1 is 1.21 bits per heavy atom. The van der Waals surface area contributed by atoms with Gasteiger partial charge in [-0.15, -0.1) is 0 Å². The van der Waals surface area contributed by atoms with E-state index >= 15 is 0 Å². The molecule has 2 unspecified atom stereocenters. The van der Waals surface area contributed by atoms with Crippen molar-refractivity contribution in [3.05, 3.63) is 35.9 Å². The molecule has 76 valence electrons. The van der Waals surface area contributed by atoms with Gasteiger partial charge in [-0.25, -0.2) is 0 Å². The maximum absolute atomic E-state index is 5.92. The second-order valence-corrected chi connectivity index (χ2v) is 4.21. The van der Waals surface area contributed by atoms with Gasteiger partial charge in [0.2, 0.25) is 0 Å². The Bertz CT molecular complexity index is 271. The molecule has 1 saturated heterocycles. The van der Waals surface area contributed by atoms with Crippen molar-refractivity contribution in [2.75, 3.05) is 13.1 Å². The van der Waals surface area contributed by atoms with E-state index in [2.05, 4.69) is 35.6 Å². The first-order valence-electron chi connectivity index (χ1n) is 5.35. The molecule has 0 aliphatic carbocycles. The summed E-state index contributed by atoms with van der Waals surface area (Å²) in [6.45, 7) is 2.09. The first kappa shape index (κ1) is 9.69. The van der Waals surface area contributed by atoms with Crippen LogP contribution in [0.25, 0.3) is 0 Å². The van der Waals surface area contributed by atoms with Crippen LogP contribution >= 0.6 is 0 Å². The van der Waals surface area contributed by atoms with Crippen LogP contribution < -0.4 is 11.1 Å². The van der Waals surface area contributed by atoms with Crippen LogP contribution in [0.1, 0.15) is 12.0 Å². The lowest BCUT2D eigenvalue weighted by molar-refractivity contribution is 0.340. The normalized spacial score (nSPS) is 27.5. The smallest absolute Gasteiger partial charge is 0.0168 e. The van der Waals surface area contributed by atoms with E-state index in [1.165, 1.54) is 5.56 Å². The Morgan fingerprint density at radius 2 is 2.00 bits per heavy atom. The highest BCUT2D eigenvalue weighted by Gasteiger charge is 2.18. The highest BCUT2D eigenvalue weighted by atomic mass is 14.9. The third-order valence-electron chi connectivity index (χ3n) is 2.84. The molecule has 1 fully saturated rings. The number of benzene rings is 1. The van der Waals surface area contributed by atoms with Crippen molar-refractivity contribution in [1.82, 2.24) is 5.32 Å². The molecule has 0 bridgehead atoms. The largest absolute Gasteiger partial charge is 0.327 e. The van der Waals surface area contributed by atoms with E-state index in [0.717, 1.165) is 25.9 Å². The number of nitrogens with one attached hydrogen (secondary N) is 1. The summed E-state index contributed by atoms with van der Waals surface area (Å²) in [6.07, 6.45) is 2.31. The number of hydrogen-bond donors (Lipinski definition) is 2. The minimum atomic E-state index is 0.345. The van der Waals surface area contributed by atoms with Gasteiger partial charge < -0.3 is 11.1 Å². The Hall–Kier alpha value is -0.860. The second kappa shape index (κ2) is 4.58. The maximum Gasteiger partial charge on any atom is 0.0168 e. The average molecular weight is 190 g/mol. The van der Waals surface area contributed by atoms with Gasteiger partial charge in [-0.2, -0.15) is 0 Å². The molecule has 1 aliphatic rings. The summed E-state index contributed by atoms with van der Waals surface area (Å²) < 4.78 is 0. The van der Waals surface area contributed by atoms with Crippen molar-refractivity contribution >= 4 is 0 Å². The van der Waals surface area contributed by atoms with E-state index in [0.29, 0.717) is 12.0 Å². The van der Waals surface area contributed by atoms with Crippen LogP contribution in [-0.4, -0.2) is 19.1 Å². The molecule has 0 radical (unpaired) electrons. The zero-order valence-corrected chi connectivity index (χ0v) is 8.45. The van der Waals surface area contributed by atoms with E-state index in [-0.39, 0.29) is 0 Å². The average Bonchev–Trinajstić information content (AvgIpc) is 2.19. The van der Waals surface area contributed by atoms with Gasteiger partial charge >= 0.3 is 0 Å². The molecule has 0 spiro atoms. The summed E-state index contributed by atoms with van der Waals surface area (Å²) in [6, 6.07) is 11.0. The Kier molecular flexibility index (Phi) is 3.17. The van der Waals surface area contributed by atoms with Gasteiger partial charge in [-0.1, -0.05) is 30.3 Å². The monoisotopic (exact) mass is 190 g/mol. The molecule has 2 nitrogen and oxygen atoms in total. The molecule has 1 heterocycles. The topological polar surface area (TPSA) is 38.0 Å². The van der Waals surface area contributed by atoms with Crippen molar-refractivity contribution in [3.8, 4) is 0 Å². The van der Waals surface area contributed by atoms with E-state index < -0.39 is 0 Å². The van der Waals surface area contributed by atoms with Crippen LogP contribution in [0.5, 0.6) is 0 Å². The lowest BCUT2D eigenvalue weighted by Gasteiger charge is -2.27. The van der Waals surface area contributed by atoms with E-state index in [1.807, 2.05) is 0 Å². The molecule has 2 atom stereocenters. The lowest BCUT2D eigenvalue weighted by Crippen LogP contribution is -2.44. The van der Waals surface area contributed by atoms with Crippen LogP contribution in [0.15, 0.2) is 30.3 Å². The van der Waals surface area contributed by atoms with Crippen molar-refractivity contribution in [2.45, 2.75) is 18.9 Å². The first-order valence-corrected chi connectivity index (χ1v) is 5.35. The predicted molar refractivity (Wildman–Crippen MR) is 59.1 cm³/mol. The molecule has 0 aromatic heterocycles. The summed E-state index contributed by atoms with van der Waals surface area (Å²) in [4.78, 5) is 0. The van der Waals surface area contributed by atoms with Crippen molar-refractivity contribution < 1.29 is 0 Å². The molecule has 0 amide bonds. The van der Waals surface area contributed by atoms with Gasteiger partial charge in [0.05, 0.1) is 0 Å². The van der Waals surface area contributed by atoms with Gasteiger partial charge in [-0.05, 0) is 30.9 Å². The summed E-state index contributed by atoms with van der Waals surface area (Å²) in [5.41, 5.74) is 7.34. The van der Waals surface area contributed by atoms with E-state index in [9.17, 15) is 0 Å². The molecule has 1 aliphatic heterocycles. The van der Waals surface area contributed by atoms with E-state index in [4.69, 9.17) is 5.73 Å². The molecule has 3 N–H and O–H groups in total. The number of rotatable bonds is 2. The molecule has 1 aromatic carbocycles. The fourth-order valence-electron chi connectivity index (χ4n) is 2.17. The standard InChI is InChI=1S/C12H18N2/c13-12-7-11(8-14-9-12)6-10-4-2-1-3-5-10/h1-5,11-12,14H,6-9,13H2. The van der Waals surface area contributed by atoms with Crippen molar-refractivity contribution in [3.63, 3.8) is 0 Å². The Morgan fingerprint density at radius 3 is 2.71 bits per heavy atom. The van der Waals surface area contributed by atoms with E-state index in [1.54, 1.807) is 0 Å². The molecular weight excluding hydrogens is 172 g/mol. The first-order chi connectivity index (χ1) is 6.84. The SMILES string of the molecule is NC1CNCC(Cc2ccccc2)C1. The molecular formula is C12H18N2. The van der Waals surface area contributed by atoms with Gasteiger partial charge in [0.1, 0.15) is 0 Å². The quantitative estimate of drug-likeness (QED) is 0.734. The fourth-order valence-corrected chi connectivity index (χ4v) is 2.17. The molecule has 2 rings (SSSR count). The minimum absolute atomic E-state index is 0.345. The number of piperidine rings is 1. The van der Waals surface area contributed by atoms with Crippen molar-refractivity contribution in [1.29, 1.82) is 0 Å². The van der Waals surface area contributed by atoms with Crippen molar-refractivity contribution in [2.24, 2.45) is 11.7 Å². The Balaban J connectivity index is 1.91. The maximum atomic E-state index is 5.92. The molecule has 0 saturated carbocycles. The van der Waals surface area contributed by atoms with Gasteiger partial charge in [0, 0.05) is 12.6 Å². The third-order valence-corrected chi connectivity index (χ3v) is 2.84. The molecule has 1 aromatic rings. The van der Waals surface area contributed by atoms with Crippen LogP contribution in [0.2, 0.25) is 0 Å². The number of nitrogens with two attached hydrogens (primary N) is 1. The van der Waals surface area contributed by atoms with Crippen LogP contribution in [0.4, 0.5) is 0 Å². The zero-order valence-electron chi connectivity index (χ0n) is 8.45. The van der Waals surface area contributed by atoms with Gasteiger partial charge in [-0.3, -0.25) is 0 Å². The van der Waals surface area contributed by atoms with Gasteiger partial charge in [0.25, 0.3) is 0 Å². The highest BCUT2D eigenvalue weighted by Crippen LogP contribution is 2.15. The predicted octanol–water partition coefficient (Wildman–Crippen LogP) is 1.17. The summed E-state index contributed by atoms with van der Waals surface area (Å²) >= 11 is 0. The lowest BCUT2D eigenvalue weighted by atomic mass is 9.90. The summed E-state index contributed by atoms with van der Waals surface area (Å²) in [7, 11) is 0. The summed E-state index contributed by atoms with van der Waals surface area (Å²) in [5, 5.41) is 3.38. The summed E-state index contributed by atoms with van der Waals surface area (Å²) in [5.74, 6) is 0.709. The molecule has 2 heteroatoms. The number of hydrogen-bond acceptors (Lipinski definition) is 2. The zero-order chi connectivity index (χ0) is 9.80. The fraction of sp³-hybridized carbons (Fsp3) is 0.500. The van der Waals surface area contributed by atoms with Crippen LogP contribution in [-0.2, 0) is 6.42 Å². The highest BCUT2D eigenvalue weighted by molar-refractivity contribution is 5.15. The van der Waals surface area contributed by atoms with Crippen LogP contribution in [0, 0.1) is 5.92 Å². The van der Waals surface area contributed by atoms with Gasteiger partial charge in [0.15, 0.2) is 0 Å². The minimum Gasteiger partial charge on any atom is -0.327 e. The van der Waals surface area contributed by atoms with Crippen LogP contribution in [0.3, 0.4) is 0 Å².